The van der Waals surface area contributed by atoms with Crippen molar-refractivity contribution in [3.8, 4) is 6.07 Å². The number of carbonyl (C=O) groups is 1. The third kappa shape index (κ3) is 4.14. The molecule has 1 amide bonds. The first-order valence-electron chi connectivity index (χ1n) is 6.29. The SMILES string of the molecule is CC(Sc1ncccc1C#N)C(=O)Nc1cc(Cl)ccc1Cl. The monoisotopic (exact) mass is 351 g/mol. The highest BCUT2D eigenvalue weighted by Crippen LogP contribution is 2.28. The van der Waals surface area contributed by atoms with Gasteiger partial charge in [-0.05, 0) is 37.3 Å². The van der Waals surface area contributed by atoms with Gasteiger partial charge in [-0.1, -0.05) is 35.0 Å². The van der Waals surface area contributed by atoms with Gasteiger partial charge in [-0.25, -0.2) is 4.98 Å². The molecule has 0 aliphatic rings. The van der Waals surface area contributed by atoms with E-state index in [-0.39, 0.29) is 5.91 Å². The predicted molar refractivity (Wildman–Crippen MR) is 89.4 cm³/mol. The van der Waals surface area contributed by atoms with Crippen LogP contribution in [0.4, 0.5) is 5.69 Å². The fraction of sp³-hybridized carbons (Fsp3) is 0.133. The van der Waals surface area contributed by atoms with Crippen LogP contribution in [0, 0.1) is 11.3 Å². The largest absolute Gasteiger partial charge is 0.324 e. The van der Waals surface area contributed by atoms with Crippen LogP contribution in [0.25, 0.3) is 0 Å². The Bertz CT molecular complexity index is 746. The molecule has 1 heterocycles. The molecule has 0 radical (unpaired) electrons. The summed E-state index contributed by atoms with van der Waals surface area (Å²) in [4.78, 5) is 16.4. The molecule has 1 aromatic heterocycles. The van der Waals surface area contributed by atoms with Crippen LogP contribution in [-0.4, -0.2) is 16.1 Å². The van der Waals surface area contributed by atoms with E-state index in [1.54, 1.807) is 43.5 Å². The summed E-state index contributed by atoms with van der Waals surface area (Å²) in [6, 6.07) is 10.2. The molecule has 0 saturated carbocycles. The van der Waals surface area contributed by atoms with Gasteiger partial charge in [0.25, 0.3) is 0 Å². The minimum Gasteiger partial charge on any atom is -0.324 e. The Balaban J connectivity index is 2.10. The van der Waals surface area contributed by atoms with E-state index >= 15 is 0 Å². The fourth-order valence-electron chi connectivity index (χ4n) is 1.62. The zero-order chi connectivity index (χ0) is 16.1. The maximum absolute atomic E-state index is 12.2. The lowest BCUT2D eigenvalue weighted by Crippen LogP contribution is -2.22. The lowest BCUT2D eigenvalue weighted by atomic mass is 10.3. The second-order valence-corrected chi connectivity index (χ2v) is 6.51. The molecule has 112 valence electrons. The number of benzene rings is 1. The van der Waals surface area contributed by atoms with Crippen molar-refractivity contribution in [3.63, 3.8) is 0 Å². The van der Waals surface area contributed by atoms with Gasteiger partial charge >= 0.3 is 0 Å². The number of nitriles is 1. The Hall–Kier alpha value is -1.74. The first-order valence-corrected chi connectivity index (χ1v) is 7.92. The van der Waals surface area contributed by atoms with E-state index < -0.39 is 5.25 Å². The number of aromatic nitrogens is 1. The number of nitrogens with zero attached hydrogens (tertiary/aromatic N) is 2. The minimum absolute atomic E-state index is 0.247. The van der Waals surface area contributed by atoms with Gasteiger partial charge < -0.3 is 5.32 Å². The van der Waals surface area contributed by atoms with E-state index in [1.165, 1.54) is 11.8 Å². The number of rotatable bonds is 4. The van der Waals surface area contributed by atoms with Crippen LogP contribution < -0.4 is 5.32 Å². The van der Waals surface area contributed by atoms with E-state index in [9.17, 15) is 4.79 Å². The van der Waals surface area contributed by atoms with Crippen molar-refractivity contribution in [2.75, 3.05) is 5.32 Å². The number of pyridine rings is 1. The number of hydrogen-bond donors (Lipinski definition) is 1. The molecule has 1 atom stereocenters. The zero-order valence-corrected chi connectivity index (χ0v) is 13.8. The van der Waals surface area contributed by atoms with Crippen molar-refractivity contribution < 1.29 is 4.79 Å². The number of thioether (sulfide) groups is 1. The summed E-state index contributed by atoms with van der Waals surface area (Å²) in [5.41, 5.74) is 0.890. The van der Waals surface area contributed by atoms with Gasteiger partial charge in [-0.15, -0.1) is 0 Å². The Morgan fingerprint density at radius 1 is 1.41 bits per heavy atom. The van der Waals surface area contributed by atoms with Crippen LogP contribution in [0.5, 0.6) is 0 Å². The highest BCUT2D eigenvalue weighted by atomic mass is 35.5. The fourth-order valence-corrected chi connectivity index (χ4v) is 2.82. The number of anilines is 1. The zero-order valence-electron chi connectivity index (χ0n) is 11.5. The van der Waals surface area contributed by atoms with E-state index in [1.807, 2.05) is 0 Å². The normalized spacial score (nSPS) is 11.5. The first-order chi connectivity index (χ1) is 10.5. The Morgan fingerprint density at radius 2 is 2.18 bits per heavy atom. The van der Waals surface area contributed by atoms with Gasteiger partial charge in [0.1, 0.15) is 11.1 Å². The number of halogens is 2. The summed E-state index contributed by atoms with van der Waals surface area (Å²) in [6.45, 7) is 1.73. The first kappa shape index (κ1) is 16.6. The molecule has 2 aromatic rings. The van der Waals surface area contributed by atoms with Gasteiger partial charge in [0.2, 0.25) is 5.91 Å². The molecule has 2 rings (SSSR count). The van der Waals surface area contributed by atoms with Crippen LogP contribution in [0.1, 0.15) is 12.5 Å². The van der Waals surface area contributed by atoms with Gasteiger partial charge in [-0.3, -0.25) is 4.79 Å². The summed E-state index contributed by atoms with van der Waals surface area (Å²) >= 11 is 13.1. The number of hydrogen-bond acceptors (Lipinski definition) is 4. The van der Waals surface area contributed by atoms with Crippen molar-refractivity contribution in [2.24, 2.45) is 0 Å². The molecular formula is C15H11Cl2N3OS. The van der Waals surface area contributed by atoms with Crippen molar-refractivity contribution in [1.29, 1.82) is 5.26 Å². The quantitative estimate of drug-likeness (QED) is 0.830. The van der Waals surface area contributed by atoms with Gasteiger partial charge in [-0.2, -0.15) is 5.26 Å². The molecule has 22 heavy (non-hydrogen) atoms. The number of amides is 1. The maximum atomic E-state index is 12.2. The predicted octanol–water partition coefficient (Wildman–Crippen LogP) is 4.38. The van der Waals surface area contributed by atoms with Gasteiger partial charge in [0.15, 0.2) is 0 Å². The molecule has 0 aliphatic carbocycles. The lowest BCUT2D eigenvalue weighted by Gasteiger charge is -2.13. The highest BCUT2D eigenvalue weighted by molar-refractivity contribution is 8.00. The van der Waals surface area contributed by atoms with Crippen molar-refractivity contribution in [2.45, 2.75) is 17.2 Å². The molecule has 0 aliphatic heterocycles. The van der Waals surface area contributed by atoms with Crippen LogP contribution in [0.2, 0.25) is 10.0 Å². The van der Waals surface area contributed by atoms with Crippen LogP contribution >= 0.6 is 35.0 Å². The van der Waals surface area contributed by atoms with Crippen molar-refractivity contribution >= 4 is 46.6 Å². The molecule has 1 aromatic carbocycles. The third-order valence-electron chi connectivity index (χ3n) is 2.74. The molecule has 0 spiro atoms. The molecule has 0 saturated heterocycles. The molecule has 1 N–H and O–H groups in total. The van der Waals surface area contributed by atoms with Crippen molar-refractivity contribution in [1.82, 2.24) is 4.98 Å². The van der Waals surface area contributed by atoms with Crippen LogP contribution in [0.15, 0.2) is 41.6 Å². The standard InChI is InChI=1S/C15H11Cl2N3OS/c1-9(22-15-10(8-18)3-2-6-19-15)14(21)20-13-7-11(16)4-5-12(13)17/h2-7,9H,1H3,(H,20,21). The van der Waals surface area contributed by atoms with Crippen LogP contribution in [-0.2, 0) is 4.79 Å². The Morgan fingerprint density at radius 3 is 2.91 bits per heavy atom. The second-order valence-electron chi connectivity index (χ2n) is 4.34. The van der Waals surface area contributed by atoms with Crippen LogP contribution in [0.3, 0.4) is 0 Å². The van der Waals surface area contributed by atoms with Crippen molar-refractivity contribution in [3.05, 3.63) is 52.1 Å². The average molecular weight is 352 g/mol. The summed E-state index contributed by atoms with van der Waals surface area (Å²) in [7, 11) is 0. The van der Waals surface area contributed by atoms with E-state index in [2.05, 4.69) is 16.4 Å². The molecule has 0 bridgehead atoms. The second kappa shape index (κ2) is 7.50. The third-order valence-corrected chi connectivity index (χ3v) is 4.42. The van der Waals surface area contributed by atoms with E-state index in [4.69, 9.17) is 28.5 Å². The summed E-state index contributed by atoms with van der Waals surface area (Å²) in [5.74, 6) is -0.247. The Kier molecular flexibility index (Phi) is 5.67. The number of nitrogens with one attached hydrogen (secondary N) is 1. The maximum Gasteiger partial charge on any atom is 0.237 e. The lowest BCUT2D eigenvalue weighted by molar-refractivity contribution is -0.115. The molecule has 7 heteroatoms. The number of carbonyl (C=O) groups excluding carboxylic acids is 1. The minimum atomic E-state index is -0.447. The molecule has 4 nitrogen and oxygen atoms in total. The van der Waals surface area contributed by atoms with Gasteiger partial charge in [0, 0.05) is 11.2 Å². The molecular weight excluding hydrogens is 341 g/mol. The smallest absolute Gasteiger partial charge is 0.237 e. The van der Waals surface area contributed by atoms with E-state index in [0.717, 1.165) is 0 Å². The summed E-state index contributed by atoms with van der Waals surface area (Å²) in [6.07, 6.45) is 1.58. The van der Waals surface area contributed by atoms with Gasteiger partial charge in [0.05, 0.1) is 21.5 Å². The molecule has 0 fully saturated rings. The summed E-state index contributed by atoms with van der Waals surface area (Å²) < 4.78 is 0. The summed E-state index contributed by atoms with van der Waals surface area (Å²) in [5, 5.41) is 12.7. The molecule has 1 unspecified atom stereocenters. The average Bonchev–Trinajstić information content (AvgIpc) is 2.51. The topological polar surface area (TPSA) is 65.8 Å². The van der Waals surface area contributed by atoms with E-state index in [0.29, 0.717) is 26.3 Å². The highest BCUT2D eigenvalue weighted by Gasteiger charge is 2.18. The Labute approximate surface area is 142 Å².